The van der Waals surface area contributed by atoms with Gasteiger partial charge in [-0.3, -0.25) is 4.79 Å². The van der Waals surface area contributed by atoms with Gasteiger partial charge in [-0.25, -0.2) is 0 Å². The molecule has 0 spiro atoms. The monoisotopic (exact) mass is 126 g/mol. The van der Waals surface area contributed by atoms with Gasteiger partial charge >= 0.3 is 0 Å². The Labute approximate surface area is 53.6 Å². The number of fused-ring (bicyclic) bond motifs is 1. The highest BCUT2D eigenvalue weighted by molar-refractivity contribution is 5.81. The van der Waals surface area contributed by atoms with E-state index in [2.05, 4.69) is 5.32 Å². The lowest BCUT2D eigenvalue weighted by atomic mass is 9.67. The number of nitrogens with one attached hydrogen (secondary N) is 1. The van der Waals surface area contributed by atoms with Crippen molar-refractivity contribution in [2.75, 3.05) is 0 Å². The van der Waals surface area contributed by atoms with Crippen LogP contribution in [0.1, 0.15) is 12.8 Å². The number of primary amides is 1. The van der Waals surface area contributed by atoms with Gasteiger partial charge in [0, 0.05) is 6.04 Å². The second-order valence-electron chi connectivity index (χ2n) is 2.89. The highest BCUT2D eigenvalue weighted by Crippen LogP contribution is 2.38. The number of amides is 1. The molecule has 1 saturated heterocycles. The van der Waals surface area contributed by atoms with Crippen molar-refractivity contribution in [3.05, 3.63) is 0 Å². The molecule has 0 aromatic carbocycles. The van der Waals surface area contributed by atoms with Gasteiger partial charge in [0.05, 0.1) is 6.04 Å². The van der Waals surface area contributed by atoms with Crippen LogP contribution in [0.5, 0.6) is 0 Å². The van der Waals surface area contributed by atoms with Crippen LogP contribution < -0.4 is 11.1 Å². The molecule has 2 fully saturated rings. The predicted octanol–water partition coefficient (Wildman–Crippen LogP) is -0.778. The van der Waals surface area contributed by atoms with Crippen LogP contribution >= 0.6 is 0 Å². The molecule has 1 unspecified atom stereocenters. The molecule has 1 aliphatic carbocycles. The quantitative estimate of drug-likeness (QED) is 0.484. The zero-order chi connectivity index (χ0) is 6.43. The summed E-state index contributed by atoms with van der Waals surface area (Å²) in [4.78, 5) is 10.5. The third kappa shape index (κ3) is 0.525. The SMILES string of the molecule is NC(=O)[C@H]1N[C@@H]2CCC12. The molecule has 0 aromatic heterocycles. The van der Waals surface area contributed by atoms with E-state index in [1.807, 2.05) is 0 Å². The Morgan fingerprint density at radius 2 is 2.33 bits per heavy atom. The standard InChI is InChI=1S/C6H10N2O/c7-6(9)5-3-1-2-4(3)8-5/h3-5,8H,1-2H2,(H2,7,9)/t3?,4-,5+/m1/s1. The summed E-state index contributed by atoms with van der Waals surface area (Å²) in [5.41, 5.74) is 5.08. The number of hydrogen-bond donors (Lipinski definition) is 2. The fourth-order valence-corrected chi connectivity index (χ4v) is 1.66. The molecule has 1 saturated carbocycles. The minimum absolute atomic E-state index is 0.00347. The summed E-state index contributed by atoms with van der Waals surface area (Å²) in [5, 5.41) is 3.10. The van der Waals surface area contributed by atoms with E-state index in [4.69, 9.17) is 5.73 Å². The maximum atomic E-state index is 10.5. The summed E-state index contributed by atoms with van der Waals surface area (Å²) in [7, 11) is 0. The first-order valence-electron chi connectivity index (χ1n) is 3.34. The lowest BCUT2D eigenvalue weighted by molar-refractivity contribution is -0.128. The fourth-order valence-electron chi connectivity index (χ4n) is 1.66. The molecule has 2 aliphatic rings. The van der Waals surface area contributed by atoms with Crippen molar-refractivity contribution in [3.63, 3.8) is 0 Å². The zero-order valence-electron chi connectivity index (χ0n) is 5.13. The van der Waals surface area contributed by atoms with Gasteiger partial charge in [-0.05, 0) is 18.8 Å². The highest BCUT2D eigenvalue weighted by atomic mass is 16.1. The first-order chi connectivity index (χ1) is 4.29. The smallest absolute Gasteiger partial charge is 0.234 e. The van der Waals surface area contributed by atoms with Gasteiger partial charge in [0.2, 0.25) is 5.91 Å². The zero-order valence-corrected chi connectivity index (χ0v) is 5.13. The first-order valence-corrected chi connectivity index (χ1v) is 3.34. The van der Waals surface area contributed by atoms with Crippen LogP contribution in [0.4, 0.5) is 0 Å². The van der Waals surface area contributed by atoms with Crippen molar-refractivity contribution < 1.29 is 4.79 Å². The maximum absolute atomic E-state index is 10.5. The van der Waals surface area contributed by atoms with E-state index in [0.717, 1.165) is 0 Å². The Kier molecular flexibility index (Phi) is 0.858. The van der Waals surface area contributed by atoms with E-state index in [9.17, 15) is 4.79 Å². The molecule has 1 amide bonds. The fraction of sp³-hybridized carbons (Fsp3) is 0.833. The first kappa shape index (κ1) is 5.23. The van der Waals surface area contributed by atoms with Crippen molar-refractivity contribution in [2.45, 2.75) is 24.9 Å². The van der Waals surface area contributed by atoms with Crippen molar-refractivity contribution in [3.8, 4) is 0 Å². The van der Waals surface area contributed by atoms with E-state index >= 15 is 0 Å². The summed E-state index contributed by atoms with van der Waals surface area (Å²) in [6.07, 6.45) is 2.42. The number of hydrogen-bond acceptors (Lipinski definition) is 2. The molecule has 3 heteroatoms. The molecule has 1 aliphatic heterocycles. The lowest BCUT2D eigenvalue weighted by Crippen LogP contribution is -2.70. The summed E-state index contributed by atoms with van der Waals surface area (Å²) < 4.78 is 0. The van der Waals surface area contributed by atoms with Crippen LogP contribution in [0, 0.1) is 5.92 Å². The number of nitrogens with two attached hydrogens (primary N) is 1. The van der Waals surface area contributed by atoms with Gasteiger partial charge in [0.15, 0.2) is 0 Å². The molecule has 3 atom stereocenters. The molecule has 0 aromatic rings. The van der Waals surface area contributed by atoms with Gasteiger partial charge in [-0.1, -0.05) is 0 Å². The van der Waals surface area contributed by atoms with Crippen LogP contribution in [0.3, 0.4) is 0 Å². The van der Waals surface area contributed by atoms with E-state index in [0.29, 0.717) is 12.0 Å². The molecule has 3 nitrogen and oxygen atoms in total. The average Bonchev–Trinajstić information content (AvgIpc) is 1.76. The van der Waals surface area contributed by atoms with Gasteiger partial charge in [0.25, 0.3) is 0 Å². The summed E-state index contributed by atoms with van der Waals surface area (Å²) >= 11 is 0. The normalized spacial score (nSPS) is 46.4. The van der Waals surface area contributed by atoms with Crippen LogP contribution in [0.2, 0.25) is 0 Å². The molecular weight excluding hydrogens is 116 g/mol. The van der Waals surface area contributed by atoms with Crippen LogP contribution in [0.25, 0.3) is 0 Å². The molecule has 0 bridgehead atoms. The Hall–Kier alpha value is -0.570. The number of carbonyl (C=O) groups is 1. The Morgan fingerprint density at radius 1 is 1.56 bits per heavy atom. The number of rotatable bonds is 1. The molecule has 2 rings (SSSR count). The molecule has 3 N–H and O–H groups in total. The Balaban J connectivity index is 1.97. The summed E-state index contributed by atoms with van der Waals surface area (Å²) in [5.74, 6) is 0.401. The minimum Gasteiger partial charge on any atom is -0.368 e. The van der Waals surface area contributed by atoms with Crippen molar-refractivity contribution in [1.82, 2.24) is 5.32 Å². The molecule has 9 heavy (non-hydrogen) atoms. The molecule has 50 valence electrons. The lowest BCUT2D eigenvalue weighted by Gasteiger charge is -2.52. The molecule has 1 heterocycles. The summed E-state index contributed by atoms with van der Waals surface area (Å²) in [6, 6.07) is 0.631. The average molecular weight is 126 g/mol. The van der Waals surface area contributed by atoms with Crippen molar-refractivity contribution in [1.29, 1.82) is 0 Å². The minimum atomic E-state index is -0.184. The summed E-state index contributed by atoms with van der Waals surface area (Å²) in [6.45, 7) is 0. The third-order valence-electron chi connectivity index (χ3n) is 2.46. The number of piperidine rings is 1. The highest BCUT2D eigenvalue weighted by Gasteiger charge is 2.49. The van der Waals surface area contributed by atoms with Crippen molar-refractivity contribution in [2.24, 2.45) is 11.7 Å². The van der Waals surface area contributed by atoms with E-state index in [1.54, 1.807) is 0 Å². The van der Waals surface area contributed by atoms with E-state index in [1.165, 1.54) is 12.8 Å². The predicted molar refractivity (Wildman–Crippen MR) is 32.6 cm³/mol. The second kappa shape index (κ2) is 1.48. The van der Waals surface area contributed by atoms with Gasteiger partial charge in [-0.2, -0.15) is 0 Å². The van der Waals surface area contributed by atoms with Crippen molar-refractivity contribution >= 4 is 5.91 Å². The maximum Gasteiger partial charge on any atom is 0.234 e. The van der Waals surface area contributed by atoms with Crippen LogP contribution in [-0.4, -0.2) is 18.0 Å². The van der Waals surface area contributed by atoms with Gasteiger partial charge in [0.1, 0.15) is 0 Å². The van der Waals surface area contributed by atoms with Gasteiger partial charge < -0.3 is 11.1 Å². The van der Waals surface area contributed by atoms with Gasteiger partial charge in [-0.15, -0.1) is 0 Å². The van der Waals surface area contributed by atoms with Crippen LogP contribution in [0.15, 0.2) is 0 Å². The molecule has 0 radical (unpaired) electrons. The van der Waals surface area contributed by atoms with E-state index in [-0.39, 0.29) is 11.9 Å². The third-order valence-corrected chi connectivity index (χ3v) is 2.46. The molecular formula is C6H10N2O. The van der Waals surface area contributed by atoms with Crippen LogP contribution in [-0.2, 0) is 4.79 Å². The topological polar surface area (TPSA) is 55.1 Å². The second-order valence-corrected chi connectivity index (χ2v) is 2.89. The Bertz CT molecular complexity index is 157. The number of carbonyl (C=O) groups excluding carboxylic acids is 1. The largest absolute Gasteiger partial charge is 0.368 e. The Morgan fingerprint density at radius 3 is 2.44 bits per heavy atom. The van der Waals surface area contributed by atoms with E-state index < -0.39 is 0 Å².